The fourth-order valence-electron chi connectivity index (χ4n) is 3.89. The molecule has 1 aliphatic rings. The highest BCUT2D eigenvalue weighted by Crippen LogP contribution is 2.42. The van der Waals surface area contributed by atoms with Gasteiger partial charge >= 0.3 is 5.69 Å². The normalized spacial score (nSPS) is 14.2. The highest BCUT2D eigenvalue weighted by Gasteiger charge is 2.35. The average molecular weight is 430 g/mol. The van der Waals surface area contributed by atoms with Crippen molar-refractivity contribution in [2.24, 2.45) is 0 Å². The van der Waals surface area contributed by atoms with Crippen molar-refractivity contribution in [3.8, 4) is 23.2 Å². The molecule has 0 saturated carbocycles. The number of nitrogen functional groups attached to an aromatic ring is 1. The predicted molar refractivity (Wildman–Crippen MR) is 116 cm³/mol. The Morgan fingerprint density at radius 1 is 1.09 bits per heavy atom. The smallest absolute Gasteiger partial charge is 0.328 e. The summed E-state index contributed by atoms with van der Waals surface area (Å²) in [5.41, 5.74) is 7.14. The van der Waals surface area contributed by atoms with E-state index in [-0.39, 0.29) is 22.8 Å². The molecule has 5 rings (SSSR count). The minimum absolute atomic E-state index is 0.00376. The number of hydrogen-bond acceptors (Lipinski definition) is 7. The largest absolute Gasteiger partial charge is 0.497 e. The van der Waals surface area contributed by atoms with E-state index in [0.29, 0.717) is 28.3 Å². The molecule has 2 aromatic carbocycles. The third-order valence-electron chi connectivity index (χ3n) is 5.38. The van der Waals surface area contributed by atoms with E-state index in [0.717, 1.165) is 0 Å². The summed E-state index contributed by atoms with van der Waals surface area (Å²) in [6, 6.07) is 14.2. The molecule has 0 amide bonds. The average Bonchev–Trinajstić information content (AvgIpc) is 2.78. The first-order valence-corrected chi connectivity index (χ1v) is 9.67. The Bertz CT molecular complexity index is 1520. The van der Waals surface area contributed by atoms with Gasteiger partial charge < -0.3 is 15.2 Å². The highest BCUT2D eigenvalue weighted by atomic mass is 16.5. The van der Waals surface area contributed by atoms with Crippen molar-refractivity contribution in [2.45, 2.75) is 5.92 Å². The number of methoxy groups -OCH3 is 1. The zero-order valence-corrected chi connectivity index (χ0v) is 16.9. The maximum atomic E-state index is 12.8. The van der Waals surface area contributed by atoms with Crippen LogP contribution in [0.3, 0.4) is 0 Å². The second-order valence-electron chi connectivity index (χ2n) is 7.20. The molecule has 0 bridgehead atoms. The van der Waals surface area contributed by atoms with Gasteiger partial charge in [-0.1, -0.05) is 24.3 Å². The molecule has 10 nitrogen and oxygen atoms in total. The number of nitrogens with zero attached hydrogens (tertiary/aromatic N) is 2. The molecule has 0 spiro atoms. The molecule has 0 saturated heterocycles. The van der Waals surface area contributed by atoms with E-state index in [1.165, 1.54) is 10.9 Å². The molecule has 2 aromatic heterocycles. The maximum Gasteiger partial charge on any atom is 0.328 e. The molecule has 1 atom stereocenters. The van der Waals surface area contributed by atoms with Crippen LogP contribution >= 0.6 is 0 Å². The third kappa shape index (κ3) is 2.97. The molecule has 0 fully saturated rings. The van der Waals surface area contributed by atoms with Crippen LogP contribution in [0.4, 0.5) is 5.69 Å². The van der Waals surface area contributed by atoms with Crippen molar-refractivity contribution in [3.05, 3.63) is 97.9 Å². The fourth-order valence-corrected chi connectivity index (χ4v) is 3.89. The molecule has 3 heterocycles. The van der Waals surface area contributed by atoms with Crippen LogP contribution in [0.25, 0.3) is 5.69 Å². The van der Waals surface area contributed by atoms with Crippen molar-refractivity contribution in [1.29, 1.82) is 5.41 Å². The topological polar surface area (TPSA) is 152 Å². The van der Waals surface area contributed by atoms with Gasteiger partial charge in [-0.05, 0) is 29.8 Å². The summed E-state index contributed by atoms with van der Waals surface area (Å²) in [6.07, 6.45) is 1.42. The minimum Gasteiger partial charge on any atom is -0.497 e. The van der Waals surface area contributed by atoms with Crippen LogP contribution in [0.5, 0.6) is 17.5 Å². The molecule has 1 unspecified atom stereocenters. The van der Waals surface area contributed by atoms with E-state index in [1.807, 2.05) is 0 Å². The van der Waals surface area contributed by atoms with Gasteiger partial charge in [0.1, 0.15) is 17.6 Å². The number of aromatic nitrogens is 4. The van der Waals surface area contributed by atoms with Gasteiger partial charge in [-0.2, -0.15) is 0 Å². The molecule has 4 aromatic rings. The molecular weight excluding hydrogens is 412 g/mol. The number of benzene rings is 2. The number of rotatable bonds is 3. The first-order valence-electron chi connectivity index (χ1n) is 9.67. The molecule has 32 heavy (non-hydrogen) atoms. The molecule has 1 aliphatic heterocycles. The Morgan fingerprint density at radius 2 is 1.84 bits per heavy atom. The van der Waals surface area contributed by atoms with Gasteiger partial charge in [0, 0.05) is 0 Å². The minimum atomic E-state index is -0.724. The lowest BCUT2D eigenvalue weighted by Gasteiger charge is -2.27. The lowest BCUT2D eigenvalue weighted by molar-refractivity contribution is 0.404. The first-order chi connectivity index (χ1) is 15.5. The Labute approximate surface area is 180 Å². The van der Waals surface area contributed by atoms with E-state index < -0.39 is 17.2 Å². The summed E-state index contributed by atoms with van der Waals surface area (Å²) in [4.78, 5) is 33.8. The number of aromatic amines is 2. The summed E-state index contributed by atoms with van der Waals surface area (Å²) in [5, 5.41) is 8.95. The lowest BCUT2D eigenvalue weighted by atomic mass is 9.85. The first kappa shape index (κ1) is 19.4. The summed E-state index contributed by atoms with van der Waals surface area (Å²) >= 11 is 0. The Hall–Kier alpha value is -4.60. The zero-order valence-electron chi connectivity index (χ0n) is 16.9. The number of anilines is 1. The third-order valence-corrected chi connectivity index (χ3v) is 5.38. The van der Waals surface area contributed by atoms with Gasteiger partial charge in [0.05, 0.1) is 35.5 Å². The van der Waals surface area contributed by atoms with E-state index in [1.54, 1.807) is 55.6 Å². The second kappa shape index (κ2) is 7.27. The SMILES string of the molecule is COc1ccc(C2c3c([nH]c(=O)[nH]c3=O)Oc3ncn(-c4ccccc4N)c(=N)c32)cc1. The fraction of sp³-hybridized carbons (Fsp3) is 0.0909. The van der Waals surface area contributed by atoms with Crippen LogP contribution in [0.15, 0.2) is 64.4 Å². The summed E-state index contributed by atoms with van der Waals surface area (Å²) in [5.74, 6) is 0.0324. The Morgan fingerprint density at radius 3 is 2.56 bits per heavy atom. The number of H-pyrrole nitrogens is 2. The van der Waals surface area contributed by atoms with Gasteiger partial charge in [0.25, 0.3) is 5.56 Å². The molecule has 0 aliphatic carbocycles. The molecule has 10 heteroatoms. The number of ether oxygens (including phenoxy) is 2. The summed E-state index contributed by atoms with van der Waals surface area (Å²) in [7, 11) is 1.56. The van der Waals surface area contributed by atoms with Crippen LogP contribution in [0.1, 0.15) is 22.6 Å². The quantitative estimate of drug-likeness (QED) is 0.319. The second-order valence-corrected chi connectivity index (χ2v) is 7.20. The number of fused-ring (bicyclic) bond motifs is 2. The maximum absolute atomic E-state index is 12.8. The number of hydrogen-bond donors (Lipinski definition) is 4. The van der Waals surface area contributed by atoms with E-state index in [4.69, 9.17) is 20.6 Å². The van der Waals surface area contributed by atoms with Gasteiger partial charge in [0.15, 0.2) is 0 Å². The van der Waals surface area contributed by atoms with Crippen LogP contribution in [-0.2, 0) is 0 Å². The number of para-hydroxylation sites is 2. The molecule has 160 valence electrons. The van der Waals surface area contributed by atoms with Crippen LogP contribution in [0, 0.1) is 5.41 Å². The van der Waals surface area contributed by atoms with Gasteiger partial charge in [-0.15, -0.1) is 0 Å². The standard InChI is InChI=1S/C22H18N6O4/c1-31-12-8-6-11(7-9-12)15-16-18(24)28(14-5-3-2-4-13(14)23)10-25-20(16)32-21-17(15)19(29)26-22(30)27-21/h2-10,15,24H,23H2,1H3,(H2,26,27,29,30). The van der Waals surface area contributed by atoms with Crippen LogP contribution in [0.2, 0.25) is 0 Å². The monoisotopic (exact) mass is 430 g/mol. The van der Waals surface area contributed by atoms with Gasteiger partial charge in [-0.3, -0.25) is 24.7 Å². The lowest BCUT2D eigenvalue weighted by Crippen LogP contribution is -2.35. The Balaban J connectivity index is 1.82. The number of nitrogens with two attached hydrogens (primary N) is 1. The zero-order chi connectivity index (χ0) is 22.4. The van der Waals surface area contributed by atoms with Crippen molar-refractivity contribution in [3.63, 3.8) is 0 Å². The highest BCUT2D eigenvalue weighted by molar-refractivity contribution is 5.59. The van der Waals surface area contributed by atoms with E-state index in [9.17, 15) is 9.59 Å². The van der Waals surface area contributed by atoms with E-state index >= 15 is 0 Å². The summed E-state index contributed by atoms with van der Waals surface area (Å²) < 4.78 is 12.5. The Kier molecular flexibility index (Phi) is 4.40. The van der Waals surface area contributed by atoms with Crippen molar-refractivity contribution in [1.82, 2.24) is 19.5 Å². The molecule has 0 radical (unpaired) electrons. The van der Waals surface area contributed by atoms with Gasteiger partial charge in [-0.25, -0.2) is 9.78 Å². The van der Waals surface area contributed by atoms with Crippen LogP contribution in [-0.4, -0.2) is 26.6 Å². The van der Waals surface area contributed by atoms with Crippen LogP contribution < -0.4 is 31.9 Å². The summed E-state index contributed by atoms with van der Waals surface area (Å²) in [6.45, 7) is 0. The van der Waals surface area contributed by atoms with Gasteiger partial charge in [0.2, 0.25) is 11.8 Å². The molecule has 5 N–H and O–H groups in total. The van der Waals surface area contributed by atoms with Crippen molar-refractivity contribution < 1.29 is 9.47 Å². The molecular formula is C22H18N6O4. The van der Waals surface area contributed by atoms with E-state index in [2.05, 4.69) is 15.0 Å². The number of nitrogens with one attached hydrogen (secondary N) is 3. The van der Waals surface area contributed by atoms with Crippen molar-refractivity contribution in [2.75, 3.05) is 12.8 Å². The van der Waals surface area contributed by atoms with Crippen molar-refractivity contribution >= 4 is 5.69 Å². The predicted octanol–water partition coefficient (Wildman–Crippen LogP) is 1.61.